The summed E-state index contributed by atoms with van der Waals surface area (Å²) >= 11 is 0. The normalized spacial score (nSPS) is 9.86. The SMILES string of the molecule is COCc1ccc(C(N)=O)c(OC)c1. The Balaban J connectivity index is 3.05. The Morgan fingerprint density at radius 1 is 1.43 bits per heavy atom. The third-order valence-electron chi connectivity index (χ3n) is 1.84. The van der Waals surface area contributed by atoms with Crippen molar-refractivity contribution in [1.29, 1.82) is 0 Å². The Hall–Kier alpha value is -1.55. The van der Waals surface area contributed by atoms with E-state index in [2.05, 4.69) is 0 Å². The van der Waals surface area contributed by atoms with Crippen molar-refractivity contribution in [3.63, 3.8) is 0 Å². The number of carbonyl (C=O) groups is 1. The van der Waals surface area contributed by atoms with Crippen molar-refractivity contribution < 1.29 is 14.3 Å². The van der Waals surface area contributed by atoms with E-state index < -0.39 is 5.91 Å². The minimum Gasteiger partial charge on any atom is -0.496 e. The maximum absolute atomic E-state index is 11.0. The number of ether oxygens (including phenoxy) is 2. The Bertz CT molecular complexity index is 336. The lowest BCUT2D eigenvalue weighted by Crippen LogP contribution is -2.12. The fourth-order valence-corrected chi connectivity index (χ4v) is 1.20. The van der Waals surface area contributed by atoms with E-state index in [0.29, 0.717) is 17.9 Å². The lowest BCUT2D eigenvalue weighted by molar-refractivity contribution is 0.0997. The molecule has 0 saturated carbocycles. The number of benzene rings is 1. The molecule has 0 aliphatic carbocycles. The summed E-state index contributed by atoms with van der Waals surface area (Å²) in [6, 6.07) is 5.16. The second-order valence-electron chi connectivity index (χ2n) is 2.83. The number of primary amides is 1. The summed E-state index contributed by atoms with van der Waals surface area (Å²) in [4.78, 5) is 11.0. The highest BCUT2D eigenvalue weighted by Gasteiger charge is 2.08. The van der Waals surface area contributed by atoms with Crippen molar-refractivity contribution in [3.05, 3.63) is 29.3 Å². The van der Waals surface area contributed by atoms with Crippen LogP contribution in [0.3, 0.4) is 0 Å². The van der Waals surface area contributed by atoms with Gasteiger partial charge in [-0.3, -0.25) is 4.79 Å². The van der Waals surface area contributed by atoms with Gasteiger partial charge in [-0.05, 0) is 17.7 Å². The zero-order chi connectivity index (χ0) is 10.6. The van der Waals surface area contributed by atoms with E-state index in [-0.39, 0.29) is 0 Å². The first-order chi connectivity index (χ1) is 6.69. The second kappa shape index (κ2) is 4.62. The minimum absolute atomic E-state index is 0.382. The van der Waals surface area contributed by atoms with Gasteiger partial charge in [0.2, 0.25) is 0 Å². The molecule has 0 aliphatic rings. The van der Waals surface area contributed by atoms with Crippen LogP contribution in [-0.2, 0) is 11.3 Å². The Kier molecular flexibility index (Phi) is 3.48. The summed E-state index contributed by atoms with van der Waals surface area (Å²) in [6.07, 6.45) is 0. The van der Waals surface area contributed by atoms with Gasteiger partial charge in [-0.1, -0.05) is 6.07 Å². The van der Waals surface area contributed by atoms with E-state index >= 15 is 0 Å². The molecule has 0 spiro atoms. The molecule has 0 fully saturated rings. The average molecular weight is 195 g/mol. The van der Waals surface area contributed by atoms with Gasteiger partial charge in [0.15, 0.2) is 0 Å². The predicted octanol–water partition coefficient (Wildman–Crippen LogP) is 0.941. The van der Waals surface area contributed by atoms with Crippen molar-refractivity contribution in [1.82, 2.24) is 0 Å². The van der Waals surface area contributed by atoms with Gasteiger partial charge in [-0.15, -0.1) is 0 Å². The maximum Gasteiger partial charge on any atom is 0.252 e. The van der Waals surface area contributed by atoms with Gasteiger partial charge in [-0.25, -0.2) is 0 Å². The number of carbonyl (C=O) groups excluding carboxylic acids is 1. The first kappa shape index (κ1) is 10.5. The van der Waals surface area contributed by atoms with Crippen LogP contribution in [0.15, 0.2) is 18.2 Å². The third-order valence-corrected chi connectivity index (χ3v) is 1.84. The first-order valence-electron chi connectivity index (χ1n) is 4.14. The molecule has 1 aromatic rings. The molecule has 1 rings (SSSR count). The molecule has 4 nitrogen and oxygen atoms in total. The maximum atomic E-state index is 11.0. The van der Waals surface area contributed by atoms with Crippen LogP contribution in [0.1, 0.15) is 15.9 Å². The third kappa shape index (κ3) is 2.23. The summed E-state index contributed by atoms with van der Waals surface area (Å²) in [7, 11) is 3.10. The van der Waals surface area contributed by atoms with Gasteiger partial charge in [-0.2, -0.15) is 0 Å². The highest BCUT2D eigenvalue weighted by molar-refractivity contribution is 5.95. The highest BCUT2D eigenvalue weighted by atomic mass is 16.5. The molecular formula is C10H13NO3. The van der Waals surface area contributed by atoms with E-state index in [9.17, 15) is 4.79 Å². The van der Waals surface area contributed by atoms with E-state index in [0.717, 1.165) is 5.56 Å². The van der Waals surface area contributed by atoms with Crippen LogP contribution in [0.4, 0.5) is 0 Å². The summed E-state index contributed by atoms with van der Waals surface area (Å²) in [5, 5.41) is 0. The van der Waals surface area contributed by atoms with Crippen LogP contribution in [0, 0.1) is 0 Å². The molecule has 0 unspecified atom stereocenters. The van der Waals surface area contributed by atoms with E-state index in [1.807, 2.05) is 0 Å². The number of nitrogens with two attached hydrogens (primary N) is 1. The Morgan fingerprint density at radius 2 is 2.14 bits per heavy atom. The van der Waals surface area contributed by atoms with Crippen LogP contribution >= 0.6 is 0 Å². The van der Waals surface area contributed by atoms with Crippen molar-refractivity contribution in [2.24, 2.45) is 5.73 Å². The lowest BCUT2D eigenvalue weighted by Gasteiger charge is -2.07. The van der Waals surface area contributed by atoms with Gasteiger partial charge in [0, 0.05) is 7.11 Å². The average Bonchev–Trinajstić information content (AvgIpc) is 2.17. The fourth-order valence-electron chi connectivity index (χ4n) is 1.20. The zero-order valence-corrected chi connectivity index (χ0v) is 8.24. The molecule has 76 valence electrons. The van der Waals surface area contributed by atoms with Crippen molar-refractivity contribution in [2.75, 3.05) is 14.2 Å². The summed E-state index contributed by atoms with van der Waals surface area (Å²) in [5.74, 6) is -0.0159. The summed E-state index contributed by atoms with van der Waals surface area (Å²) < 4.78 is 9.99. The van der Waals surface area contributed by atoms with Gasteiger partial charge in [0.05, 0.1) is 19.3 Å². The standard InChI is InChI=1S/C10H13NO3/c1-13-6-7-3-4-8(10(11)12)9(5-7)14-2/h3-5H,6H2,1-2H3,(H2,11,12). The number of amides is 1. The van der Waals surface area contributed by atoms with Crippen molar-refractivity contribution in [2.45, 2.75) is 6.61 Å². The van der Waals surface area contributed by atoms with Gasteiger partial charge < -0.3 is 15.2 Å². The van der Waals surface area contributed by atoms with E-state index in [1.54, 1.807) is 25.3 Å². The molecule has 1 aromatic carbocycles. The lowest BCUT2D eigenvalue weighted by atomic mass is 10.1. The van der Waals surface area contributed by atoms with Crippen molar-refractivity contribution >= 4 is 5.91 Å². The minimum atomic E-state index is -0.495. The van der Waals surface area contributed by atoms with Crippen molar-refractivity contribution in [3.8, 4) is 5.75 Å². The number of methoxy groups -OCH3 is 2. The zero-order valence-electron chi connectivity index (χ0n) is 8.24. The predicted molar refractivity (Wildman–Crippen MR) is 52.2 cm³/mol. The molecule has 0 radical (unpaired) electrons. The topological polar surface area (TPSA) is 61.5 Å². The number of rotatable bonds is 4. The molecule has 4 heteroatoms. The second-order valence-corrected chi connectivity index (χ2v) is 2.83. The highest BCUT2D eigenvalue weighted by Crippen LogP contribution is 2.19. The van der Waals surface area contributed by atoms with Crippen LogP contribution in [0.5, 0.6) is 5.75 Å². The number of hydrogen-bond donors (Lipinski definition) is 1. The molecule has 2 N–H and O–H groups in total. The van der Waals surface area contributed by atoms with Gasteiger partial charge in [0.1, 0.15) is 5.75 Å². The Morgan fingerprint density at radius 3 is 2.64 bits per heavy atom. The van der Waals surface area contributed by atoms with Gasteiger partial charge in [0.25, 0.3) is 5.91 Å². The fraction of sp³-hybridized carbons (Fsp3) is 0.300. The monoisotopic (exact) mass is 195 g/mol. The molecule has 0 aromatic heterocycles. The van der Waals surface area contributed by atoms with Crippen LogP contribution in [-0.4, -0.2) is 20.1 Å². The summed E-state index contributed by atoms with van der Waals surface area (Å²) in [5.41, 5.74) is 6.49. The van der Waals surface area contributed by atoms with Gasteiger partial charge >= 0.3 is 0 Å². The number of hydrogen-bond acceptors (Lipinski definition) is 3. The molecule has 0 bridgehead atoms. The largest absolute Gasteiger partial charge is 0.496 e. The van der Waals surface area contributed by atoms with E-state index in [4.69, 9.17) is 15.2 Å². The van der Waals surface area contributed by atoms with Crippen LogP contribution in [0.25, 0.3) is 0 Å². The van der Waals surface area contributed by atoms with Crippen LogP contribution < -0.4 is 10.5 Å². The molecule has 14 heavy (non-hydrogen) atoms. The molecule has 0 heterocycles. The quantitative estimate of drug-likeness (QED) is 0.777. The molecule has 0 aliphatic heterocycles. The molecule has 0 saturated heterocycles. The molecule has 0 atom stereocenters. The summed E-state index contributed by atoms with van der Waals surface area (Å²) in [6.45, 7) is 0.482. The molecular weight excluding hydrogens is 182 g/mol. The smallest absolute Gasteiger partial charge is 0.252 e. The Labute approximate surface area is 82.6 Å². The van der Waals surface area contributed by atoms with Crippen LogP contribution in [0.2, 0.25) is 0 Å². The first-order valence-corrected chi connectivity index (χ1v) is 4.14. The molecule has 1 amide bonds. The van der Waals surface area contributed by atoms with E-state index in [1.165, 1.54) is 7.11 Å².